The molecule has 0 spiro atoms. The highest BCUT2D eigenvalue weighted by atomic mass is 79.9. The minimum Gasteiger partial charge on any atom is -0.326 e. The molecule has 1 aliphatic heterocycles. The molecule has 1 amide bonds. The Hall–Kier alpha value is -1.32. The van der Waals surface area contributed by atoms with Gasteiger partial charge >= 0.3 is 0 Å². The van der Waals surface area contributed by atoms with Crippen LogP contribution in [0.15, 0.2) is 40.9 Å². The topological polar surface area (TPSA) is 29.1 Å². The summed E-state index contributed by atoms with van der Waals surface area (Å²) >= 11 is 10.1. The number of nitrogens with one attached hydrogen (secondary N) is 1. The zero-order valence-electron chi connectivity index (χ0n) is 10.9. The van der Waals surface area contributed by atoms with Gasteiger partial charge in [-0.1, -0.05) is 40.2 Å². The first-order valence-electron chi connectivity index (χ1n) is 6.37. The van der Waals surface area contributed by atoms with Crippen LogP contribution in [-0.4, -0.2) is 5.91 Å². The van der Waals surface area contributed by atoms with Gasteiger partial charge in [0.15, 0.2) is 0 Å². The molecule has 0 aromatic heterocycles. The highest BCUT2D eigenvalue weighted by molar-refractivity contribution is 9.10. The molecule has 0 radical (unpaired) electrons. The number of anilines is 1. The Morgan fingerprint density at radius 3 is 2.65 bits per heavy atom. The second kappa shape index (κ2) is 5.23. The van der Waals surface area contributed by atoms with E-state index in [1.54, 1.807) is 0 Å². The number of hydrogen-bond acceptors (Lipinski definition) is 1. The summed E-state index contributed by atoms with van der Waals surface area (Å²) in [7, 11) is 0. The number of benzene rings is 2. The number of aryl methyl sites for hydroxylation is 1. The summed E-state index contributed by atoms with van der Waals surface area (Å²) < 4.78 is 1.05. The van der Waals surface area contributed by atoms with E-state index in [-0.39, 0.29) is 11.3 Å². The number of carbonyl (C=O) groups is 1. The van der Waals surface area contributed by atoms with Gasteiger partial charge in [0.2, 0.25) is 5.91 Å². The lowest BCUT2D eigenvalue weighted by Crippen LogP contribution is -2.03. The van der Waals surface area contributed by atoms with Gasteiger partial charge in [0.1, 0.15) is 0 Å². The average Bonchev–Trinajstić information content (AvgIpc) is 2.80. The van der Waals surface area contributed by atoms with Crippen molar-refractivity contribution in [1.82, 2.24) is 0 Å². The minimum atomic E-state index is -0.215. The van der Waals surface area contributed by atoms with Gasteiger partial charge in [-0.3, -0.25) is 4.79 Å². The number of rotatable bonds is 2. The number of amides is 1. The van der Waals surface area contributed by atoms with Crippen LogP contribution >= 0.6 is 27.5 Å². The number of carbonyl (C=O) groups excluding carboxylic acids is 1. The quantitative estimate of drug-likeness (QED) is 0.789. The lowest BCUT2D eigenvalue weighted by atomic mass is 10.0. The van der Waals surface area contributed by atoms with E-state index in [0.717, 1.165) is 26.9 Å². The van der Waals surface area contributed by atoms with Crippen molar-refractivity contribution in [3.05, 3.63) is 63.1 Å². The zero-order chi connectivity index (χ0) is 14.3. The molecule has 1 aliphatic rings. The van der Waals surface area contributed by atoms with Crippen molar-refractivity contribution in [2.75, 3.05) is 5.32 Å². The molecule has 0 aliphatic carbocycles. The van der Waals surface area contributed by atoms with Crippen molar-refractivity contribution < 1.29 is 4.79 Å². The van der Waals surface area contributed by atoms with Crippen LogP contribution in [0.1, 0.15) is 27.6 Å². The third-order valence-electron chi connectivity index (χ3n) is 3.54. The Labute approximate surface area is 131 Å². The molecule has 3 rings (SSSR count). The molecule has 4 heteroatoms. The van der Waals surface area contributed by atoms with Crippen molar-refractivity contribution in [3.63, 3.8) is 0 Å². The van der Waals surface area contributed by atoms with Gasteiger partial charge in [-0.05, 0) is 41.3 Å². The Balaban J connectivity index is 1.94. The summed E-state index contributed by atoms with van der Waals surface area (Å²) in [5.74, 6) is 0.0429. The van der Waals surface area contributed by atoms with Gasteiger partial charge in [-0.25, -0.2) is 0 Å². The van der Waals surface area contributed by atoms with E-state index in [2.05, 4.69) is 21.2 Å². The van der Waals surface area contributed by atoms with Gasteiger partial charge in [0.25, 0.3) is 0 Å². The van der Waals surface area contributed by atoms with Crippen molar-refractivity contribution in [2.24, 2.45) is 0 Å². The second-order valence-corrected chi connectivity index (χ2v) is 6.30. The normalized spacial score (nSPS) is 14.8. The molecule has 0 fully saturated rings. The maximum absolute atomic E-state index is 11.4. The molecule has 0 saturated heterocycles. The lowest BCUT2D eigenvalue weighted by molar-refractivity contribution is -0.115. The second-order valence-electron chi connectivity index (χ2n) is 5.01. The van der Waals surface area contributed by atoms with Crippen molar-refractivity contribution >= 4 is 39.1 Å². The van der Waals surface area contributed by atoms with Gasteiger partial charge in [-0.2, -0.15) is 0 Å². The van der Waals surface area contributed by atoms with Crippen LogP contribution in [0, 0.1) is 6.92 Å². The maximum Gasteiger partial charge on any atom is 0.228 e. The summed E-state index contributed by atoms with van der Waals surface area (Å²) in [6.07, 6.45) is 0.435. The van der Waals surface area contributed by atoms with E-state index in [0.29, 0.717) is 6.42 Å². The van der Waals surface area contributed by atoms with Crippen LogP contribution in [-0.2, 0) is 11.2 Å². The van der Waals surface area contributed by atoms with Gasteiger partial charge in [0, 0.05) is 10.2 Å². The Kier molecular flexibility index (Phi) is 3.57. The number of hydrogen-bond donors (Lipinski definition) is 1. The van der Waals surface area contributed by atoms with E-state index >= 15 is 0 Å². The molecular formula is C16H13BrClNO. The fourth-order valence-corrected chi connectivity index (χ4v) is 3.03. The third-order valence-corrected chi connectivity index (χ3v) is 4.89. The molecule has 20 heavy (non-hydrogen) atoms. The number of alkyl halides is 1. The van der Waals surface area contributed by atoms with Crippen LogP contribution in [0.25, 0.3) is 0 Å². The predicted molar refractivity (Wildman–Crippen MR) is 85.4 cm³/mol. The molecule has 1 atom stereocenters. The molecular weight excluding hydrogens is 338 g/mol. The summed E-state index contributed by atoms with van der Waals surface area (Å²) in [5, 5.41) is 2.62. The van der Waals surface area contributed by atoms with E-state index < -0.39 is 0 Å². The third kappa shape index (κ3) is 2.48. The molecule has 2 aromatic rings. The Bertz CT molecular complexity index is 699. The highest BCUT2D eigenvalue weighted by Crippen LogP contribution is 2.34. The van der Waals surface area contributed by atoms with E-state index in [9.17, 15) is 4.79 Å². The molecule has 0 bridgehead atoms. The van der Waals surface area contributed by atoms with Crippen molar-refractivity contribution in [2.45, 2.75) is 18.7 Å². The molecule has 1 heterocycles. The lowest BCUT2D eigenvalue weighted by Gasteiger charge is -2.13. The number of fused-ring (bicyclic) bond motifs is 1. The molecule has 2 nitrogen and oxygen atoms in total. The average molecular weight is 351 g/mol. The van der Waals surface area contributed by atoms with Crippen LogP contribution in [0.3, 0.4) is 0 Å². The van der Waals surface area contributed by atoms with Crippen molar-refractivity contribution in [3.8, 4) is 0 Å². The van der Waals surface area contributed by atoms with Gasteiger partial charge in [-0.15, -0.1) is 11.6 Å². The van der Waals surface area contributed by atoms with Crippen LogP contribution < -0.4 is 5.32 Å². The molecule has 1 N–H and O–H groups in total. The fraction of sp³-hybridized carbons (Fsp3) is 0.188. The number of halogens is 2. The summed E-state index contributed by atoms with van der Waals surface area (Å²) in [6.45, 7) is 2.05. The van der Waals surface area contributed by atoms with Gasteiger partial charge < -0.3 is 5.32 Å². The summed E-state index contributed by atoms with van der Waals surface area (Å²) in [6, 6.07) is 12.0. The molecule has 102 valence electrons. The van der Waals surface area contributed by atoms with Crippen LogP contribution in [0.2, 0.25) is 0 Å². The molecule has 1 unspecified atom stereocenters. The van der Waals surface area contributed by atoms with Gasteiger partial charge in [0.05, 0.1) is 11.8 Å². The minimum absolute atomic E-state index is 0.0429. The first-order valence-corrected chi connectivity index (χ1v) is 7.60. The highest BCUT2D eigenvalue weighted by Gasteiger charge is 2.20. The summed E-state index contributed by atoms with van der Waals surface area (Å²) in [5.41, 5.74) is 5.15. The largest absolute Gasteiger partial charge is 0.326 e. The first kappa shape index (κ1) is 13.7. The zero-order valence-corrected chi connectivity index (χ0v) is 13.3. The Morgan fingerprint density at radius 1 is 1.20 bits per heavy atom. The molecule has 2 aromatic carbocycles. The monoisotopic (exact) mass is 349 g/mol. The Morgan fingerprint density at radius 2 is 1.90 bits per heavy atom. The first-order chi connectivity index (χ1) is 9.54. The predicted octanol–water partition coefficient (Wildman–Crippen LogP) is 4.58. The van der Waals surface area contributed by atoms with Crippen LogP contribution in [0.4, 0.5) is 5.69 Å². The van der Waals surface area contributed by atoms with E-state index in [1.165, 1.54) is 5.56 Å². The standard InChI is InChI=1S/C16H13BrClNO/c1-9-2-3-11(7-13(9)17)16(18)10-4-5-14-12(6-10)8-15(20)19-14/h2-7,16H,8H2,1H3,(H,19,20). The van der Waals surface area contributed by atoms with Crippen LogP contribution in [0.5, 0.6) is 0 Å². The van der Waals surface area contributed by atoms with E-state index in [1.807, 2.05) is 43.3 Å². The summed E-state index contributed by atoms with van der Waals surface area (Å²) in [4.78, 5) is 11.4. The SMILES string of the molecule is Cc1ccc(C(Cl)c2ccc3c(c2)CC(=O)N3)cc1Br. The maximum atomic E-state index is 11.4. The van der Waals surface area contributed by atoms with E-state index in [4.69, 9.17) is 11.6 Å². The van der Waals surface area contributed by atoms with Crippen molar-refractivity contribution in [1.29, 1.82) is 0 Å². The fourth-order valence-electron chi connectivity index (χ4n) is 2.37. The smallest absolute Gasteiger partial charge is 0.228 e. The molecule has 0 saturated carbocycles.